The van der Waals surface area contributed by atoms with Gasteiger partial charge in [-0.2, -0.15) is 0 Å². The molecule has 0 aliphatic carbocycles. The second-order valence-corrected chi connectivity index (χ2v) is 8.11. The normalized spacial score (nSPS) is 11.5. The number of sulfonamides is 1. The lowest BCUT2D eigenvalue weighted by molar-refractivity contribution is 0.0694. The fraction of sp³-hybridized carbons (Fsp3) is 0.278. The van der Waals surface area contributed by atoms with Crippen LogP contribution in [0.5, 0.6) is 5.75 Å². The molecular formula is C18H21NO5S. The van der Waals surface area contributed by atoms with Gasteiger partial charge in [-0.3, -0.25) is 4.31 Å². The van der Waals surface area contributed by atoms with Gasteiger partial charge in [-0.15, -0.1) is 0 Å². The van der Waals surface area contributed by atoms with Crippen molar-refractivity contribution >= 4 is 21.7 Å². The number of aromatic carboxylic acids is 1. The van der Waals surface area contributed by atoms with E-state index >= 15 is 0 Å². The van der Waals surface area contributed by atoms with Crippen molar-refractivity contribution in [2.75, 3.05) is 10.8 Å². The molecular weight excluding hydrogens is 342 g/mol. The van der Waals surface area contributed by atoms with Crippen LogP contribution in [0.15, 0.2) is 47.4 Å². The lowest BCUT2D eigenvalue weighted by Gasteiger charge is -2.26. The molecule has 0 radical (unpaired) electrons. The highest BCUT2D eigenvalue weighted by Crippen LogP contribution is 2.30. The number of rotatable bonds is 6. The summed E-state index contributed by atoms with van der Waals surface area (Å²) < 4.78 is 27.3. The second kappa shape index (κ2) is 7.14. The molecule has 0 fully saturated rings. The molecule has 0 spiro atoms. The Bertz CT molecular complexity index is 873. The van der Waals surface area contributed by atoms with E-state index in [1.165, 1.54) is 28.6 Å². The maximum Gasteiger partial charge on any atom is 0.339 e. The van der Waals surface area contributed by atoms with Crippen molar-refractivity contribution in [3.8, 4) is 5.75 Å². The topological polar surface area (TPSA) is 94.9 Å². The first-order valence-corrected chi connectivity index (χ1v) is 9.22. The summed E-state index contributed by atoms with van der Waals surface area (Å²) in [6.45, 7) is 5.82. The molecule has 0 saturated heterocycles. The van der Waals surface area contributed by atoms with E-state index < -0.39 is 21.7 Å². The zero-order valence-corrected chi connectivity index (χ0v) is 15.1. The number of benzene rings is 2. The summed E-state index contributed by atoms with van der Waals surface area (Å²) in [6.07, 6.45) is 0. The van der Waals surface area contributed by atoms with Gasteiger partial charge < -0.3 is 10.2 Å². The number of hydrogen-bond acceptors (Lipinski definition) is 4. The Hall–Kier alpha value is -2.54. The molecule has 2 rings (SSSR count). The van der Waals surface area contributed by atoms with Gasteiger partial charge >= 0.3 is 5.97 Å². The number of aromatic hydroxyl groups is 1. The van der Waals surface area contributed by atoms with Gasteiger partial charge in [0.05, 0.1) is 10.6 Å². The van der Waals surface area contributed by atoms with Crippen LogP contribution in [0.25, 0.3) is 0 Å². The summed E-state index contributed by atoms with van der Waals surface area (Å²) in [5, 5.41) is 18.9. The van der Waals surface area contributed by atoms with Crippen LogP contribution in [0.1, 0.15) is 29.8 Å². The molecule has 134 valence electrons. The van der Waals surface area contributed by atoms with Gasteiger partial charge in [-0.1, -0.05) is 31.5 Å². The molecule has 0 saturated carbocycles. The van der Waals surface area contributed by atoms with E-state index in [9.17, 15) is 18.3 Å². The largest absolute Gasteiger partial charge is 0.507 e. The molecule has 0 unspecified atom stereocenters. The van der Waals surface area contributed by atoms with Crippen LogP contribution in [-0.2, 0) is 10.0 Å². The van der Waals surface area contributed by atoms with Gasteiger partial charge in [-0.05, 0) is 37.1 Å². The molecule has 0 bridgehead atoms. The van der Waals surface area contributed by atoms with E-state index in [1.807, 2.05) is 20.8 Å². The predicted octanol–water partition coefficient (Wildman–Crippen LogP) is 3.25. The fourth-order valence-corrected chi connectivity index (χ4v) is 3.99. The standard InChI is InChI=1S/C18H21NO5S/c1-12(2)11-19(14-6-9-16(18(21)22)17(20)10-14)25(23,24)15-7-4-13(3)5-8-15/h4-10,12,20H,11H2,1-3H3,(H,21,22). The second-order valence-electron chi connectivity index (χ2n) is 6.25. The Morgan fingerprint density at radius 2 is 1.72 bits per heavy atom. The van der Waals surface area contributed by atoms with Crippen LogP contribution in [0, 0.1) is 12.8 Å². The van der Waals surface area contributed by atoms with E-state index in [-0.39, 0.29) is 28.6 Å². The Labute approximate surface area is 147 Å². The van der Waals surface area contributed by atoms with Gasteiger partial charge in [-0.25, -0.2) is 13.2 Å². The summed E-state index contributed by atoms with van der Waals surface area (Å²) in [6, 6.07) is 10.2. The summed E-state index contributed by atoms with van der Waals surface area (Å²) in [7, 11) is -3.84. The summed E-state index contributed by atoms with van der Waals surface area (Å²) in [4.78, 5) is 11.2. The maximum atomic E-state index is 13.0. The van der Waals surface area contributed by atoms with Crippen LogP contribution in [0.2, 0.25) is 0 Å². The van der Waals surface area contributed by atoms with Crippen molar-refractivity contribution in [1.82, 2.24) is 0 Å². The number of carboxylic acids is 1. The minimum atomic E-state index is -3.84. The number of phenols is 1. The van der Waals surface area contributed by atoms with Crippen LogP contribution >= 0.6 is 0 Å². The SMILES string of the molecule is Cc1ccc(S(=O)(=O)N(CC(C)C)c2ccc(C(=O)O)c(O)c2)cc1. The van der Waals surface area contributed by atoms with E-state index in [0.717, 1.165) is 11.6 Å². The van der Waals surface area contributed by atoms with Crippen molar-refractivity contribution in [3.05, 3.63) is 53.6 Å². The molecule has 25 heavy (non-hydrogen) atoms. The minimum Gasteiger partial charge on any atom is -0.507 e. The first-order valence-electron chi connectivity index (χ1n) is 7.78. The molecule has 0 aliphatic heterocycles. The number of nitrogens with zero attached hydrogens (tertiary/aromatic N) is 1. The highest BCUT2D eigenvalue weighted by Gasteiger charge is 2.26. The molecule has 2 N–H and O–H groups in total. The molecule has 0 atom stereocenters. The molecule has 2 aromatic rings. The quantitative estimate of drug-likeness (QED) is 0.821. The van der Waals surface area contributed by atoms with Gasteiger partial charge in [0.2, 0.25) is 0 Å². The zero-order chi connectivity index (χ0) is 18.8. The van der Waals surface area contributed by atoms with Crippen molar-refractivity contribution in [1.29, 1.82) is 0 Å². The first-order chi connectivity index (χ1) is 11.6. The van der Waals surface area contributed by atoms with E-state index in [1.54, 1.807) is 12.1 Å². The first kappa shape index (κ1) is 18.8. The van der Waals surface area contributed by atoms with E-state index in [0.29, 0.717) is 0 Å². The fourth-order valence-electron chi connectivity index (χ4n) is 2.37. The summed E-state index contributed by atoms with van der Waals surface area (Å²) in [5.41, 5.74) is 0.885. The Morgan fingerprint density at radius 3 is 2.20 bits per heavy atom. The Balaban J connectivity index is 2.54. The molecule has 0 aliphatic rings. The third-order valence-corrected chi connectivity index (χ3v) is 5.45. The number of hydrogen-bond donors (Lipinski definition) is 2. The van der Waals surface area contributed by atoms with Crippen molar-refractivity contribution in [2.45, 2.75) is 25.7 Å². The van der Waals surface area contributed by atoms with Crippen LogP contribution in [0.3, 0.4) is 0 Å². The molecule has 7 heteroatoms. The Morgan fingerprint density at radius 1 is 1.12 bits per heavy atom. The minimum absolute atomic E-state index is 0.0292. The monoisotopic (exact) mass is 363 g/mol. The van der Waals surface area contributed by atoms with Crippen molar-refractivity contribution in [2.24, 2.45) is 5.92 Å². The third-order valence-electron chi connectivity index (χ3n) is 3.64. The average molecular weight is 363 g/mol. The molecule has 0 aromatic heterocycles. The number of aryl methyl sites for hydroxylation is 1. The molecule has 0 heterocycles. The highest BCUT2D eigenvalue weighted by molar-refractivity contribution is 7.92. The van der Waals surface area contributed by atoms with Gasteiger partial charge in [0, 0.05) is 12.6 Å². The zero-order valence-electron chi connectivity index (χ0n) is 14.3. The number of carbonyl (C=O) groups is 1. The van der Waals surface area contributed by atoms with E-state index in [4.69, 9.17) is 5.11 Å². The average Bonchev–Trinajstić information content (AvgIpc) is 2.52. The van der Waals surface area contributed by atoms with Crippen LogP contribution < -0.4 is 4.31 Å². The smallest absolute Gasteiger partial charge is 0.339 e. The number of anilines is 1. The maximum absolute atomic E-state index is 13.0. The molecule has 2 aromatic carbocycles. The number of carboxylic acid groups (broad SMARTS) is 1. The van der Waals surface area contributed by atoms with Crippen molar-refractivity contribution in [3.63, 3.8) is 0 Å². The van der Waals surface area contributed by atoms with Gasteiger partial charge in [0.1, 0.15) is 11.3 Å². The lowest BCUT2D eigenvalue weighted by Crippen LogP contribution is -2.34. The molecule has 6 nitrogen and oxygen atoms in total. The Kier molecular flexibility index (Phi) is 5.37. The predicted molar refractivity (Wildman–Crippen MR) is 95.6 cm³/mol. The highest BCUT2D eigenvalue weighted by atomic mass is 32.2. The van der Waals surface area contributed by atoms with Crippen molar-refractivity contribution < 1.29 is 23.4 Å². The van der Waals surface area contributed by atoms with Crippen LogP contribution in [0.4, 0.5) is 5.69 Å². The van der Waals surface area contributed by atoms with Crippen LogP contribution in [-0.4, -0.2) is 31.1 Å². The molecule has 0 amide bonds. The summed E-state index contributed by atoms with van der Waals surface area (Å²) >= 11 is 0. The van der Waals surface area contributed by atoms with Gasteiger partial charge in [0.25, 0.3) is 10.0 Å². The van der Waals surface area contributed by atoms with E-state index in [2.05, 4.69) is 0 Å². The summed E-state index contributed by atoms with van der Waals surface area (Å²) in [5.74, 6) is -1.72. The lowest BCUT2D eigenvalue weighted by atomic mass is 10.1. The third kappa shape index (κ3) is 4.11. The van der Waals surface area contributed by atoms with Gasteiger partial charge in [0.15, 0.2) is 0 Å².